The zero-order valence-corrected chi connectivity index (χ0v) is 18.4. The Hall–Kier alpha value is -1.89. The van der Waals surface area contributed by atoms with E-state index in [1.165, 1.54) is 0 Å². The summed E-state index contributed by atoms with van der Waals surface area (Å²) in [7, 11) is 3.27. The third kappa shape index (κ3) is 5.81. The second-order valence-electron chi connectivity index (χ2n) is 6.80. The number of carbonyl (C=O) groups excluding carboxylic acids is 1. The van der Waals surface area contributed by atoms with E-state index in [0.717, 1.165) is 59.3 Å². The van der Waals surface area contributed by atoms with Gasteiger partial charge in [0.2, 0.25) is 5.91 Å². The number of hydrogen-bond acceptors (Lipinski definition) is 5. The van der Waals surface area contributed by atoms with Gasteiger partial charge >= 0.3 is 0 Å². The Morgan fingerprint density at radius 1 is 1.14 bits per heavy atom. The molecule has 5 nitrogen and oxygen atoms in total. The number of benzene rings is 2. The SMILES string of the molecule is COc1ccc(CCNCCC(=O)N2CCCSc3ccc(Cl)cc32)cc1OC. The van der Waals surface area contributed by atoms with Crippen LogP contribution < -0.4 is 19.7 Å². The summed E-state index contributed by atoms with van der Waals surface area (Å²) < 4.78 is 10.6. The number of anilines is 1. The molecule has 1 amide bonds. The Bertz CT molecular complexity index is 847. The van der Waals surface area contributed by atoms with Gasteiger partial charge in [-0.25, -0.2) is 0 Å². The second-order valence-corrected chi connectivity index (χ2v) is 8.37. The van der Waals surface area contributed by atoms with E-state index in [0.29, 0.717) is 18.0 Å². The molecule has 0 saturated heterocycles. The van der Waals surface area contributed by atoms with E-state index in [9.17, 15) is 4.79 Å². The molecule has 2 aromatic rings. The number of methoxy groups -OCH3 is 2. The maximum atomic E-state index is 12.8. The van der Waals surface area contributed by atoms with E-state index < -0.39 is 0 Å². The number of carbonyl (C=O) groups is 1. The van der Waals surface area contributed by atoms with Crippen molar-refractivity contribution < 1.29 is 14.3 Å². The highest BCUT2D eigenvalue weighted by molar-refractivity contribution is 7.99. The Balaban J connectivity index is 1.49. The summed E-state index contributed by atoms with van der Waals surface area (Å²) in [4.78, 5) is 15.8. The lowest BCUT2D eigenvalue weighted by Gasteiger charge is -2.23. The number of halogens is 1. The number of amides is 1. The number of ether oxygens (including phenoxy) is 2. The Morgan fingerprint density at radius 3 is 2.76 bits per heavy atom. The molecule has 0 aliphatic carbocycles. The molecule has 1 aliphatic heterocycles. The van der Waals surface area contributed by atoms with Crippen LogP contribution in [-0.4, -0.2) is 45.5 Å². The Kier molecular flexibility index (Phi) is 8.09. The summed E-state index contributed by atoms with van der Waals surface area (Å²) in [6.07, 6.45) is 2.30. The second kappa shape index (κ2) is 10.8. The fraction of sp³-hybridized carbons (Fsp3) is 0.409. The van der Waals surface area contributed by atoms with Crippen molar-refractivity contribution in [3.63, 3.8) is 0 Å². The maximum absolute atomic E-state index is 12.8. The molecule has 0 aromatic heterocycles. The van der Waals surface area contributed by atoms with Crippen molar-refractivity contribution in [2.45, 2.75) is 24.2 Å². The van der Waals surface area contributed by atoms with Gasteiger partial charge in [-0.05, 0) is 61.0 Å². The highest BCUT2D eigenvalue weighted by Crippen LogP contribution is 2.36. The molecule has 0 unspecified atom stereocenters. The summed E-state index contributed by atoms with van der Waals surface area (Å²) in [5.41, 5.74) is 2.10. The van der Waals surface area contributed by atoms with Crippen molar-refractivity contribution in [3.05, 3.63) is 47.0 Å². The lowest BCUT2D eigenvalue weighted by Crippen LogP contribution is -2.34. The summed E-state index contributed by atoms with van der Waals surface area (Å²) in [5.74, 6) is 2.61. The average Bonchev–Trinajstić information content (AvgIpc) is 2.95. The van der Waals surface area contributed by atoms with Crippen LogP contribution in [0.1, 0.15) is 18.4 Å². The van der Waals surface area contributed by atoms with Gasteiger partial charge in [0.1, 0.15) is 0 Å². The van der Waals surface area contributed by atoms with Crippen LogP contribution in [0.5, 0.6) is 11.5 Å². The van der Waals surface area contributed by atoms with Crippen molar-refractivity contribution in [1.82, 2.24) is 5.32 Å². The van der Waals surface area contributed by atoms with Gasteiger partial charge in [-0.15, -0.1) is 11.8 Å². The first kappa shape index (κ1) is 21.8. The molecule has 0 saturated carbocycles. The molecule has 1 aliphatic rings. The Labute approximate surface area is 181 Å². The molecule has 1 heterocycles. The summed E-state index contributed by atoms with van der Waals surface area (Å²) >= 11 is 7.96. The summed E-state index contributed by atoms with van der Waals surface area (Å²) in [6.45, 7) is 2.18. The van der Waals surface area contributed by atoms with E-state index in [1.54, 1.807) is 26.0 Å². The van der Waals surface area contributed by atoms with E-state index >= 15 is 0 Å². The third-order valence-electron chi connectivity index (χ3n) is 4.85. The average molecular weight is 435 g/mol. The van der Waals surface area contributed by atoms with Crippen LogP contribution >= 0.6 is 23.4 Å². The highest BCUT2D eigenvalue weighted by Gasteiger charge is 2.21. The maximum Gasteiger partial charge on any atom is 0.228 e. The molecular formula is C22H27ClN2O3S. The zero-order chi connectivity index (χ0) is 20.6. The summed E-state index contributed by atoms with van der Waals surface area (Å²) in [6, 6.07) is 11.7. The number of rotatable bonds is 8. The topological polar surface area (TPSA) is 50.8 Å². The molecule has 1 N–H and O–H groups in total. The van der Waals surface area contributed by atoms with Gasteiger partial charge in [-0.2, -0.15) is 0 Å². The first-order chi connectivity index (χ1) is 14.1. The van der Waals surface area contributed by atoms with Gasteiger partial charge in [0.05, 0.1) is 19.9 Å². The molecule has 0 radical (unpaired) electrons. The van der Waals surface area contributed by atoms with Gasteiger partial charge in [-0.1, -0.05) is 17.7 Å². The van der Waals surface area contributed by atoms with Crippen LogP contribution in [0.3, 0.4) is 0 Å². The van der Waals surface area contributed by atoms with Crippen LogP contribution in [0.2, 0.25) is 5.02 Å². The largest absolute Gasteiger partial charge is 0.493 e. The fourth-order valence-electron chi connectivity index (χ4n) is 3.33. The number of hydrogen-bond donors (Lipinski definition) is 1. The van der Waals surface area contributed by atoms with E-state index in [-0.39, 0.29) is 5.91 Å². The van der Waals surface area contributed by atoms with Crippen LogP contribution in [0.25, 0.3) is 0 Å². The van der Waals surface area contributed by atoms with Crippen LogP contribution in [0, 0.1) is 0 Å². The first-order valence-electron chi connectivity index (χ1n) is 9.76. The smallest absolute Gasteiger partial charge is 0.228 e. The standard InChI is InChI=1S/C22H27ClN2O3S/c1-27-19-6-4-16(14-20(19)28-2)8-10-24-11-9-22(26)25-12-3-13-29-21-7-5-17(23)15-18(21)25/h4-7,14-15,24H,3,8-13H2,1-2H3. The molecule has 7 heteroatoms. The Morgan fingerprint density at radius 2 is 1.97 bits per heavy atom. The quantitative estimate of drug-likeness (QED) is 0.624. The molecular weight excluding hydrogens is 408 g/mol. The van der Waals surface area contributed by atoms with Gasteiger partial charge < -0.3 is 19.7 Å². The third-order valence-corrected chi connectivity index (χ3v) is 6.23. The number of nitrogens with one attached hydrogen (secondary N) is 1. The van der Waals surface area contributed by atoms with Crippen LogP contribution in [0.15, 0.2) is 41.3 Å². The normalized spacial score (nSPS) is 13.6. The van der Waals surface area contributed by atoms with Gasteiger partial charge in [0.15, 0.2) is 11.5 Å². The number of nitrogens with zero attached hydrogens (tertiary/aromatic N) is 1. The molecule has 0 spiro atoms. The van der Waals surface area contributed by atoms with Crippen LogP contribution in [0.4, 0.5) is 5.69 Å². The molecule has 0 atom stereocenters. The minimum Gasteiger partial charge on any atom is -0.493 e. The molecule has 0 bridgehead atoms. The molecule has 156 valence electrons. The molecule has 29 heavy (non-hydrogen) atoms. The molecule has 3 rings (SSSR count). The van der Waals surface area contributed by atoms with Crippen molar-refractivity contribution >= 4 is 35.0 Å². The van der Waals surface area contributed by atoms with Gasteiger partial charge in [-0.3, -0.25) is 4.79 Å². The van der Waals surface area contributed by atoms with Crippen molar-refractivity contribution in [3.8, 4) is 11.5 Å². The monoisotopic (exact) mass is 434 g/mol. The number of fused-ring (bicyclic) bond motifs is 1. The number of thioether (sulfide) groups is 1. The minimum atomic E-state index is 0.134. The first-order valence-corrected chi connectivity index (χ1v) is 11.1. The lowest BCUT2D eigenvalue weighted by molar-refractivity contribution is -0.118. The predicted molar refractivity (Wildman–Crippen MR) is 120 cm³/mol. The van der Waals surface area contributed by atoms with Crippen LogP contribution in [-0.2, 0) is 11.2 Å². The fourth-order valence-corrected chi connectivity index (χ4v) is 4.47. The zero-order valence-electron chi connectivity index (χ0n) is 16.9. The van der Waals surface area contributed by atoms with Crippen molar-refractivity contribution in [2.24, 2.45) is 0 Å². The van der Waals surface area contributed by atoms with Gasteiger partial charge in [0, 0.05) is 29.4 Å². The van der Waals surface area contributed by atoms with Gasteiger partial charge in [0.25, 0.3) is 0 Å². The minimum absolute atomic E-state index is 0.134. The van der Waals surface area contributed by atoms with E-state index in [2.05, 4.69) is 5.32 Å². The van der Waals surface area contributed by atoms with Crippen molar-refractivity contribution in [1.29, 1.82) is 0 Å². The van der Waals surface area contributed by atoms with Crippen molar-refractivity contribution in [2.75, 3.05) is 44.5 Å². The summed E-state index contributed by atoms with van der Waals surface area (Å²) in [5, 5.41) is 4.03. The van der Waals surface area contributed by atoms with E-state index in [1.807, 2.05) is 41.3 Å². The lowest BCUT2D eigenvalue weighted by atomic mass is 10.1. The highest BCUT2D eigenvalue weighted by atomic mass is 35.5. The predicted octanol–water partition coefficient (Wildman–Crippen LogP) is 4.41. The molecule has 0 fully saturated rings. The molecule has 2 aromatic carbocycles. The van der Waals surface area contributed by atoms with E-state index in [4.69, 9.17) is 21.1 Å².